The summed E-state index contributed by atoms with van der Waals surface area (Å²) in [6.45, 7) is 2.58. The first-order valence-electron chi connectivity index (χ1n) is 3.97. The molecule has 1 aromatic rings. The number of rotatable bonds is 4. The molecule has 1 heterocycles. The van der Waals surface area contributed by atoms with Crippen molar-refractivity contribution in [1.29, 1.82) is 0 Å². The van der Waals surface area contributed by atoms with Gasteiger partial charge in [-0.25, -0.2) is 0 Å². The standard InChI is InChI=1S/C7H12N4OS/c1-5(8-2)3-9-7(12)6-4-10-13-11-6/h4-5,8H,3H2,1-2H3,(H,9,12). The van der Waals surface area contributed by atoms with E-state index in [4.69, 9.17) is 0 Å². The summed E-state index contributed by atoms with van der Waals surface area (Å²) >= 11 is 1.03. The molecule has 1 rings (SSSR count). The number of hydrogen-bond acceptors (Lipinski definition) is 5. The molecule has 0 radical (unpaired) electrons. The fraction of sp³-hybridized carbons (Fsp3) is 0.571. The monoisotopic (exact) mass is 200 g/mol. The predicted molar refractivity (Wildman–Crippen MR) is 50.8 cm³/mol. The van der Waals surface area contributed by atoms with E-state index in [1.54, 1.807) is 0 Å². The van der Waals surface area contributed by atoms with E-state index in [0.29, 0.717) is 12.2 Å². The van der Waals surface area contributed by atoms with E-state index in [2.05, 4.69) is 19.4 Å². The Morgan fingerprint density at radius 3 is 3.08 bits per heavy atom. The van der Waals surface area contributed by atoms with Crippen LogP contribution in [0.5, 0.6) is 0 Å². The Kier molecular flexibility index (Phi) is 3.78. The quantitative estimate of drug-likeness (QED) is 0.711. The maximum absolute atomic E-state index is 11.3. The van der Waals surface area contributed by atoms with Crippen LogP contribution in [0.2, 0.25) is 0 Å². The van der Waals surface area contributed by atoms with Gasteiger partial charge in [-0.05, 0) is 14.0 Å². The van der Waals surface area contributed by atoms with Gasteiger partial charge in [-0.1, -0.05) is 0 Å². The highest BCUT2D eigenvalue weighted by Gasteiger charge is 2.08. The molecule has 0 aromatic carbocycles. The Morgan fingerprint density at radius 2 is 2.54 bits per heavy atom. The second kappa shape index (κ2) is 4.88. The molecule has 72 valence electrons. The molecule has 1 aromatic heterocycles. The topological polar surface area (TPSA) is 66.9 Å². The number of carbonyl (C=O) groups is 1. The third-order valence-electron chi connectivity index (χ3n) is 1.66. The first-order chi connectivity index (χ1) is 6.24. The number of nitrogens with zero attached hydrogens (tertiary/aromatic N) is 2. The van der Waals surface area contributed by atoms with Crippen LogP contribution in [0.3, 0.4) is 0 Å². The Bertz CT molecular complexity index is 261. The fourth-order valence-corrected chi connectivity index (χ4v) is 1.12. The van der Waals surface area contributed by atoms with E-state index in [1.807, 2.05) is 14.0 Å². The maximum Gasteiger partial charge on any atom is 0.272 e. The van der Waals surface area contributed by atoms with Crippen LogP contribution in [0.1, 0.15) is 17.4 Å². The highest BCUT2D eigenvalue weighted by Crippen LogP contribution is 1.94. The zero-order valence-corrected chi connectivity index (χ0v) is 8.39. The minimum Gasteiger partial charge on any atom is -0.349 e. The van der Waals surface area contributed by atoms with Crippen LogP contribution < -0.4 is 10.6 Å². The summed E-state index contributed by atoms with van der Waals surface area (Å²) < 4.78 is 7.56. The molecule has 0 saturated carbocycles. The largest absolute Gasteiger partial charge is 0.349 e. The average Bonchev–Trinajstić information content (AvgIpc) is 2.66. The lowest BCUT2D eigenvalue weighted by atomic mass is 10.3. The molecule has 0 saturated heterocycles. The molecule has 5 nitrogen and oxygen atoms in total. The van der Waals surface area contributed by atoms with Crippen molar-refractivity contribution in [3.63, 3.8) is 0 Å². The smallest absolute Gasteiger partial charge is 0.272 e. The molecule has 1 unspecified atom stereocenters. The lowest BCUT2D eigenvalue weighted by Gasteiger charge is -2.09. The Balaban J connectivity index is 2.35. The summed E-state index contributed by atoms with van der Waals surface area (Å²) in [4.78, 5) is 11.3. The van der Waals surface area contributed by atoms with Crippen molar-refractivity contribution in [1.82, 2.24) is 19.4 Å². The van der Waals surface area contributed by atoms with Gasteiger partial charge < -0.3 is 10.6 Å². The number of nitrogens with one attached hydrogen (secondary N) is 2. The van der Waals surface area contributed by atoms with Gasteiger partial charge in [-0.2, -0.15) is 8.75 Å². The van der Waals surface area contributed by atoms with Gasteiger partial charge in [-0.3, -0.25) is 4.79 Å². The fourth-order valence-electron chi connectivity index (χ4n) is 0.703. The number of hydrogen-bond donors (Lipinski definition) is 2. The van der Waals surface area contributed by atoms with Crippen LogP contribution in [0, 0.1) is 0 Å². The van der Waals surface area contributed by atoms with Gasteiger partial charge in [0.25, 0.3) is 5.91 Å². The second-order valence-electron chi connectivity index (χ2n) is 2.69. The SMILES string of the molecule is CNC(C)CNC(=O)c1cnsn1. The average molecular weight is 200 g/mol. The van der Waals surface area contributed by atoms with Crippen LogP contribution in [-0.2, 0) is 0 Å². The molecular weight excluding hydrogens is 188 g/mol. The lowest BCUT2D eigenvalue weighted by Crippen LogP contribution is -2.37. The van der Waals surface area contributed by atoms with Gasteiger partial charge in [0.1, 0.15) is 0 Å². The van der Waals surface area contributed by atoms with Crippen molar-refractivity contribution in [2.75, 3.05) is 13.6 Å². The number of likely N-dealkylation sites (N-methyl/N-ethyl adjacent to an activating group) is 1. The summed E-state index contributed by atoms with van der Waals surface area (Å²) in [7, 11) is 1.85. The van der Waals surface area contributed by atoms with E-state index in [1.165, 1.54) is 6.20 Å². The normalized spacial score (nSPS) is 12.5. The van der Waals surface area contributed by atoms with Gasteiger partial charge in [0.05, 0.1) is 17.9 Å². The molecule has 0 fully saturated rings. The molecule has 6 heteroatoms. The lowest BCUT2D eigenvalue weighted by molar-refractivity contribution is 0.0946. The predicted octanol–water partition coefficient (Wildman–Crippen LogP) is -0.124. The minimum atomic E-state index is -0.171. The van der Waals surface area contributed by atoms with E-state index in [9.17, 15) is 4.79 Å². The van der Waals surface area contributed by atoms with Crippen LogP contribution in [0.25, 0.3) is 0 Å². The van der Waals surface area contributed by atoms with E-state index in [0.717, 1.165) is 11.7 Å². The molecule has 0 bridgehead atoms. The number of carbonyl (C=O) groups excluding carboxylic acids is 1. The van der Waals surface area contributed by atoms with E-state index < -0.39 is 0 Å². The van der Waals surface area contributed by atoms with Crippen LogP contribution in [0.4, 0.5) is 0 Å². The molecule has 0 aliphatic carbocycles. The first kappa shape index (κ1) is 10.1. The van der Waals surface area contributed by atoms with Crippen LogP contribution in [0.15, 0.2) is 6.20 Å². The third kappa shape index (κ3) is 3.08. The third-order valence-corrected chi connectivity index (χ3v) is 2.13. The summed E-state index contributed by atoms with van der Waals surface area (Å²) in [6, 6.07) is 0.260. The molecule has 1 amide bonds. The zero-order chi connectivity index (χ0) is 9.68. The zero-order valence-electron chi connectivity index (χ0n) is 7.57. The minimum absolute atomic E-state index is 0.171. The van der Waals surface area contributed by atoms with Crippen LogP contribution in [-0.4, -0.2) is 34.3 Å². The molecule has 1 atom stereocenters. The number of amides is 1. The molecule has 2 N–H and O–H groups in total. The molecular formula is C7H12N4OS. The Labute approximate surface area is 80.9 Å². The maximum atomic E-state index is 11.3. The summed E-state index contributed by atoms with van der Waals surface area (Å²) in [5.41, 5.74) is 0.383. The van der Waals surface area contributed by atoms with Crippen molar-refractivity contribution in [2.24, 2.45) is 0 Å². The van der Waals surface area contributed by atoms with Crippen molar-refractivity contribution in [2.45, 2.75) is 13.0 Å². The molecule has 0 aliphatic rings. The van der Waals surface area contributed by atoms with Crippen molar-refractivity contribution in [3.05, 3.63) is 11.9 Å². The van der Waals surface area contributed by atoms with Crippen LogP contribution >= 0.6 is 11.7 Å². The molecule has 0 aliphatic heterocycles. The Morgan fingerprint density at radius 1 is 1.77 bits per heavy atom. The first-order valence-corrected chi connectivity index (χ1v) is 4.70. The number of aromatic nitrogens is 2. The van der Waals surface area contributed by atoms with Gasteiger partial charge >= 0.3 is 0 Å². The van der Waals surface area contributed by atoms with Crippen molar-refractivity contribution >= 4 is 17.6 Å². The van der Waals surface area contributed by atoms with E-state index in [-0.39, 0.29) is 11.9 Å². The molecule has 13 heavy (non-hydrogen) atoms. The van der Waals surface area contributed by atoms with Gasteiger partial charge in [0.2, 0.25) is 0 Å². The highest BCUT2D eigenvalue weighted by atomic mass is 32.1. The summed E-state index contributed by atoms with van der Waals surface area (Å²) in [6.07, 6.45) is 1.46. The highest BCUT2D eigenvalue weighted by molar-refractivity contribution is 6.99. The van der Waals surface area contributed by atoms with Gasteiger partial charge in [0, 0.05) is 12.6 Å². The second-order valence-corrected chi connectivity index (χ2v) is 3.25. The summed E-state index contributed by atoms with van der Waals surface area (Å²) in [5, 5.41) is 5.76. The Hall–Kier alpha value is -1.01. The van der Waals surface area contributed by atoms with Crippen molar-refractivity contribution < 1.29 is 4.79 Å². The summed E-state index contributed by atoms with van der Waals surface area (Å²) in [5.74, 6) is -0.171. The van der Waals surface area contributed by atoms with E-state index >= 15 is 0 Å². The van der Waals surface area contributed by atoms with Gasteiger partial charge in [0.15, 0.2) is 5.69 Å². The molecule has 0 spiro atoms. The van der Waals surface area contributed by atoms with Crippen molar-refractivity contribution in [3.8, 4) is 0 Å². The van der Waals surface area contributed by atoms with Gasteiger partial charge in [-0.15, -0.1) is 0 Å².